The van der Waals surface area contributed by atoms with Crippen LogP contribution in [0.3, 0.4) is 0 Å². The zero-order valence-corrected chi connectivity index (χ0v) is 21.3. The zero-order valence-electron chi connectivity index (χ0n) is 20.5. The fourth-order valence-electron chi connectivity index (χ4n) is 5.52. The van der Waals surface area contributed by atoms with Crippen LogP contribution >= 0.6 is 11.6 Å². The molecule has 1 aliphatic carbocycles. The van der Waals surface area contributed by atoms with Gasteiger partial charge < -0.3 is 15.0 Å². The van der Waals surface area contributed by atoms with E-state index < -0.39 is 11.9 Å². The Morgan fingerprint density at radius 1 is 1.14 bits per heavy atom. The third-order valence-electron chi connectivity index (χ3n) is 7.49. The summed E-state index contributed by atoms with van der Waals surface area (Å²) in [6.45, 7) is 0.608. The average Bonchev–Trinajstić information content (AvgIpc) is 2.88. The third-order valence-corrected chi connectivity index (χ3v) is 7.73. The van der Waals surface area contributed by atoms with Crippen molar-refractivity contribution in [3.8, 4) is 0 Å². The minimum Gasteiger partial charge on any atom is -0.373 e. The van der Waals surface area contributed by atoms with Gasteiger partial charge in [-0.05, 0) is 67.5 Å². The molecule has 1 unspecified atom stereocenters. The Balaban J connectivity index is 1.23. The standard InChI is InChI=1S/C28H29ClF3N3O2/c1-35(24-15-26(28(30,31)32)34-23-11-6-18(29)14-22(23)24)20-9-7-19(8-10-20)33-27(36)16-25-21-5-3-2-4-17(21)12-13-37-25/h2-6,11,14-15,19-20,25H,7-10,12-13,16H2,1H3,(H,33,36)/t19-,20+,25?. The molecule has 0 radical (unpaired) electrons. The molecule has 5 nitrogen and oxygen atoms in total. The molecular weight excluding hydrogens is 503 g/mol. The molecule has 0 bridgehead atoms. The number of halogens is 4. The van der Waals surface area contributed by atoms with Crippen molar-refractivity contribution in [3.63, 3.8) is 0 Å². The van der Waals surface area contributed by atoms with Gasteiger partial charge in [-0.1, -0.05) is 35.9 Å². The van der Waals surface area contributed by atoms with Crippen molar-refractivity contribution in [2.75, 3.05) is 18.6 Å². The Morgan fingerprint density at radius 2 is 1.89 bits per heavy atom. The fraction of sp³-hybridized carbons (Fsp3) is 0.429. The number of rotatable bonds is 5. The van der Waals surface area contributed by atoms with E-state index in [4.69, 9.17) is 16.3 Å². The predicted molar refractivity (Wildman–Crippen MR) is 138 cm³/mol. The fourth-order valence-corrected chi connectivity index (χ4v) is 5.69. The van der Waals surface area contributed by atoms with E-state index >= 15 is 0 Å². The number of alkyl halides is 3. The van der Waals surface area contributed by atoms with Crippen molar-refractivity contribution >= 4 is 34.1 Å². The summed E-state index contributed by atoms with van der Waals surface area (Å²) in [5.41, 5.74) is 2.11. The number of benzene rings is 2. The van der Waals surface area contributed by atoms with E-state index in [1.165, 1.54) is 11.6 Å². The SMILES string of the molecule is CN(c1cc(C(F)(F)F)nc2ccc(Cl)cc12)[C@H]1CC[C@@H](NC(=O)CC2OCCc3ccccc32)CC1. The molecule has 2 heterocycles. The summed E-state index contributed by atoms with van der Waals surface area (Å²) in [6, 6.07) is 14.0. The Hall–Kier alpha value is -2.84. The third kappa shape index (κ3) is 5.70. The zero-order chi connectivity index (χ0) is 26.2. The van der Waals surface area contributed by atoms with Gasteiger partial charge in [-0.25, -0.2) is 4.98 Å². The number of hydrogen-bond acceptors (Lipinski definition) is 4. The highest BCUT2D eigenvalue weighted by Gasteiger charge is 2.35. The van der Waals surface area contributed by atoms with Crippen LogP contribution in [-0.4, -0.2) is 36.6 Å². The molecule has 1 aromatic heterocycles. The van der Waals surface area contributed by atoms with Crippen LogP contribution in [0.4, 0.5) is 18.9 Å². The molecule has 1 saturated carbocycles. The van der Waals surface area contributed by atoms with Crippen molar-refractivity contribution in [1.29, 1.82) is 0 Å². The number of fused-ring (bicyclic) bond motifs is 2. The predicted octanol–water partition coefficient (Wildman–Crippen LogP) is 6.47. The molecule has 0 saturated heterocycles. The van der Waals surface area contributed by atoms with Crippen molar-refractivity contribution in [1.82, 2.24) is 10.3 Å². The lowest BCUT2D eigenvalue weighted by atomic mass is 9.89. The van der Waals surface area contributed by atoms with Gasteiger partial charge in [0.15, 0.2) is 0 Å². The first-order valence-electron chi connectivity index (χ1n) is 12.6. The Morgan fingerprint density at radius 3 is 2.65 bits per heavy atom. The molecule has 196 valence electrons. The number of pyridine rings is 1. The lowest BCUT2D eigenvalue weighted by molar-refractivity contribution is -0.141. The summed E-state index contributed by atoms with van der Waals surface area (Å²) < 4.78 is 46.5. The van der Waals surface area contributed by atoms with Gasteiger partial charge in [0.2, 0.25) is 5.91 Å². The monoisotopic (exact) mass is 531 g/mol. The summed E-state index contributed by atoms with van der Waals surface area (Å²) >= 11 is 6.16. The molecule has 1 aliphatic heterocycles. The molecule has 1 fully saturated rings. The highest BCUT2D eigenvalue weighted by molar-refractivity contribution is 6.31. The van der Waals surface area contributed by atoms with Crippen LogP contribution in [0.15, 0.2) is 48.5 Å². The number of hydrogen-bond donors (Lipinski definition) is 1. The maximum absolute atomic E-state index is 13.5. The number of ether oxygens (including phenoxy) is 1. The van der Waals surface area contributed by atoms with Gasteiger partial charge in [0.25, 0.3) is 0 Å². The maximum Gasteiger partial charge on any atom is 0.433 e. The van der Waals surface area contributed by atoms with Crippen LogP contribution in [0.5, 0.6) is 0 Å². The second kappa shape index (κ2) is 10.5. The van der Waals surface area contributed by atoms with E-state index in [9.17, 15) is 18.0 Å². The topological polar surface area (TPSA) is 54.5 Å². The summed E-state index contributed by atoms with van der Waals surface area (Å²) in [7, 11) is 1.82. The molecule has 0 spiro atoms. The highest BCUT2D eigenvalue weighted by atomic mass is 35.5. The smallest absolute Gasteiger partial charge is 0.373 e. The lowest BCUT2D eigenvalue weighted by Crippen LogP contribution is -2.43. The van der Waals surface area contributed by atoms with Crippen LogP contribution in [0.25, 0.3) is 10.9 Å². The molecule has 1 N–H and O–H groups in total. The van der Waals surface area contributed by atoms with Crippen LogP contribution in [0.1, 0.15) is 55.0 Å². The largest absolute Gasteiger partial charge is 0.433 e. The van der Waals surface area contributed by atoms with E-state index in [0.717, 1.165) is 43.7 Å². The van der Waals surface area contributed by atoms with E-state index in [-0.39, 0.29) is 36.0 Å². The summed E-state index contributed by atoms with van der Waals surface area (Å²) in [4.78, 5) is 18.5. The average molecular weight is 532 g/mol. The number of nitrogens with zero attached hydrogens (tertiary/aromatic N) is 2. The Kier molecular flexibility index (Phi) is 7.32. The number of anilines is 1. The lowest BCUT2D eigenvalue weighted by Gasteiger charge is -2.37. The number of carbonyl (C=O) groups excluding carboxylic acids is 1. The first-order chi connectivity index (χ1) is 17.7. The number of aromatic nitrogens is 1. The summed E-state index contributed by atoms with van der Waals surface area (Å²) in [5.74, 6) is -0.0388. The minimum atomic E-state index is -4.55. The van der Waals surface area contributed by atoms with Gasteiger partial charge in [-0.15, -0.1) is 0 Å². The van der Waals surface area contributed by atoms with Gasteiger partial charge in [-0.3, -0.25) is 4.79 Å². The minimum absolute atomic E-state index is 0.0327. The van der Waals surface area contributed by atoms with Crippen molar-refractivity contribution in [2.45, 2.75) is 62.9 Å². The highest BCUT2D eigenvalue weighted by Crippen LogP contribution is 2.37. The van der Waals surface area contributed by atoms with Crippen LogP contribution in [-0.2, 0) is 22.1 Å². The van der Waals surface area contributed by atoms with Gasteiger partial charge in [0.05, 0.1) is 24.6 Å². The molecule has 2 aromatic carbocycles. The van der Waals surface area contributed by atoms with E-state index in [2.05, 4.69) is 16.4 Å². The first kappa shape index (κ1) is 25.8. The number of amides is 1. The molecular formula is C28H29ClF3N3O2. The first-order valence-corrected chi connectivity index (χ1v) is 13.0. The molecule has 37 heavy (non-hydrogen) atoms. The quantitative estimate of drug-likeness (QED) is 0.410. The number of carbonyl (C=O) groups is 1. The molecule has 5 rings (SSSR count). The van der Waals surface area contributed by atoms with Gasteiger partial charge in [0, 0.05) is 35.2 Å². The van der Waals surface area contributed by atoms with E-state index in [1.807, 2.05) is 30.1 Å². The summed E-state index contributed by atoms with van der Waals surface area (Å²) in [6.07, 6.45) is -0.657. The number of nitrogens with one attached hydrogen (secondary N) is 1. The van der Waals surface area contributed by atoms with Gasteiger partial charge in [-0.2, -0.15) is 13.2 Å². The normalized spacial score (nSPS) is 21.9. The van der Waals surface area contributed by atoms with E-state index in [0.29, 0.717) is 22.7 Å². The second-order valence-electron chi connectivity index (χ2n) is 9.88. The van der Waals surface area contributed by atoms with Crippen LogP contribution in [0, 0.1) is 0 Å². The molecule has 3 aromatic rings. The maximum atomic E-state index is 13.5. The Bertz CT molecular complexity index is 1290. The Labute approximate surface area is 219 Å². The van der Waals surface area contributed by atoms with Crippen LogP contribution in [0.2, 0.25) is 5.02 Å². The van der Waals surface area contributed by atoms with Crippen LogP contribution < -0.4 is 10.2 Å². The summed E-state index contributed by atoms with van der Waals surface area (Å²) in [5, 5.41) is 4.18. The molecule has 1 amide bonds. The van der Waals surface area contributed by atoms with Crippen molar-refractivity contribution in [2.24, 2.45) is 0 Å². The van der Waals surface area contributed by atoms with Crippen molar-refractivity contribution in [3.05, 3.63) is 70.4 Å². The van der Waals surface area contributed by atoms with Gasteiger partial charge in [0.1, 0.15) is 5.69 Å². The van der Waals surface area contributed by atoms with Gasteiger partial charge >= 0.3 is 6.18 Å². The van der Waals surface area contributed by atoms with Crippen molar-refractivity contribution < 1.29 is 22.7 Å². The van der Waals surface area contributed by atoms with E-state index in [1.54, 1.807) is 12.1 Å². The molecule has 9 heteroatoms. The molecule has 1 atom stereocenters. The second-order valence-corrected chi connectivity index (χ2v) is 10.3. The molecule has 2 aliphatic rings.